The quantitative estimate of drug-likeness (QED) is 0.434. The molecule has 2 N–H and O–H groups in total. The molecule has 1 atom stereocenters. The number of para-hydroxylation sites is 1. The van der Waals surface area contributed by atoms with Crippen LogP contribution in [0.15, 0.2) is 88.5 Å². The van der Waals surface area contributed by atoms with Crippen LogP contribution in [0.4, 0.5) is 0 Å². The number of carbonyl (C=O) groups excluding carboxylic acids is 2. The first kappa shape index (κ1) is 22.3. The van der Waals surface area contributed by atoms with Gasteiger partial charge in [-0.1, -0.05) is 60.7 Å². The Bertz CT molecular complexity index is 1520. The van der Waals surface area contributed by atoms with Gasteiger partial charge >= 0.3 is 5.69 Å². The molecule has 0 bridgehead atoms. The van der Waals surface area contributed by atoms with Gasteiger partial charge in [-0.3, -0.25) is 19.0 Å². The maximum Gasteiger partial charge on any atom is 0.329 e. The van der Waals surface area contributed by atoms with E-state index < -0.39 is 23.7 Å². The number of hydrogen-bond acceptors (Lipinski definition) is 4. The normalized spacial score (nSPS) is 13.6. The second-order valence-electron chi connectivity index (χ2n) is 8.62. The average molecular weight is 469 g/mol. The molecule has 0 unspecified atom stereocenters. The van der Waals surface area contributed by atoms with Gasteiger partial charge in [0.15, 0.2) is 0 Å². The molecule has 0 saturated heterocycles. The Morgan fingerprint density at radius 3 is 2.43 bits per heavy atom. The Morgan fingerprint density at radius 1 is 0.914 bits per heavy atom. The third-order valence-electron chi connectivity index (χ3n) is 6.34. The molecule has 2 amide bonds. The van der Waals surface area contributed by atoms with E-state index in [9.17, 15) is 19.2 Å². The van der Waals surface area contributed by atoms with Crippen molar-refractivity contribution in [3.05, 3.63) is 116 Å². The summed E-state index contributed by atoms with van der Waals surface area (Å²) in [5.41, 5.74) is 1.96. The molecule has 2 heterocycles. The molecule has 35 heavy (non-hydrogen) atoms. The lowest BCUT2D eigenvalue weighted by Crippen LogP contribution is -2.42. The predicted molar refractivity (Wildman–Crippen MR) is 132 cm³/mol. The molecular weight excluding hydrogens is 444 g/mol. The Balaban J connectivity index is 1.32. The first-order valence-corrected chi connectivity index (χ1v) is 11.4. The summed E-state index contributed by atoms with van der Waals surface area (Å²) >= 11 is 0. The molecule has 0 saturated carbocycles. The van der Waals surface area contributed by atoms with Crippen LogP contribution in [0, 0.1) is 0 Å². The van der Waals surface area contributed by atoms with Gasteiger partial charge in [-0.2, -0.15) is 0 Å². The van der Waals surface area contributed by atoms with Gasteiger partial charge in [-0.15, -0.1) is 0 Å². The number of amides is 2. The molecule has 1 aliphatic rings. The van der Waals surface area contributed by atoms with Crippen LogP contribution in [-0.4, -0.2) is 39.4 Å². The fraction of sp³-hybridized carbons (Fsp3) is 0.185. The van der Waals surface area contributed by atoms with Crippen LogP contribution in [0.2, 0.25) is 0 Å². The lowest BCUT2D eigenvalue weighted by Gasteiger charge is -2.24. The summed E-state index contributed by atoms with van der Waals surface area (Å²) in [7, 11) is 0. The number of carbonyl (C=O) groups is 2. The molecule has 5 rings (SSSR count). The summed E-state index contributed by atoms with van der Waals surface area (Å²) in [5.74, 6) is -0.642. The van der Waals surface area contributed by atoms with E-state index in [4.69, 9.17) is 0 Å². The van der Waals surface area contributed by atoms with E-state index in [1.165, 1.54) is 0 Å². The number of fused-ring (bicyclic) bond motifs is 2. The SMILES string of the molecule is O=C(Cn1c(=O)[nH]c2ccccc2c1=O)NC[C@@H](CN1Cc2ccccc2C1=O)c1ccccc1. The number of aromatic amines is 1. The zero-order chi connectivity index (χ0) is 24.4. The summed E-state index contributed by atoms with van der Waals surface area (Å²) in [5, 5.41) is 3.19. The van der Waals surface area contributed by atoms with E-state index in [-0.39, 0.29) is 18.4 Å². The van der Waals surface area contributed by atoms with E-state index in [0.29, 0.717) is 29.6 Å². The van der Waals surface area contributed by atoms with E-state index >= 15 is 0 Å². The number of benzene rings is 3. The number of rotatable bonds is 7. The number of nitrogens with one attached hydrogen (secondary N) is 2. The highest BCUT2D eigenvalue weighted by Crippen LogP contribution is 2.26. The second-order valence-corrected chi connectivity index (χ2v) is 8.62. The summed E-state index contributed by atoms with van der Waals surface area (Å²) < 4.78 is 0.899. The molecule has 0 aliphatic carbocycles. The minimum absolute atomic E-state index is 0.0258. The second kappa shape index (κ2) is 9.42. The van der Waals surface area contributed by atoms with Crippen LogP contribution >= 0.6 is 0 Å². The molecule has 3 aromatic carbocycles. The van der Waals surface area contributed by atoms with E-state index in [1.807, 2.05) is 54.6 Å². The fourth-order valence-corrected chi connectivity index (χ4v) is 4.52. The highest BCUT2D eigenvalue weighted by atomic mass is 16.2. The number of nitrogens with zero attached hydrogens (tertiary/aromatic N) is 2. The Kier molecular flexibility index (Phi) is 6.01. The summed E-state index contributed by atoms with van der Waals surface area (Å²) in [4.78, 5) is 55.2. The van der Waals surface area contributed by atoms with Gasteiger partial charge in [0.2, 0.25) is 5.91 Å². The van der Waals surface area contributed by atoms with Gasteiger partial charge in [0.05, 0.1) is 10.9 Å². The summed E-state index contributed by atoms with van der Waals surface area (Å²) in [6.45, 7) is 0.806. The smallest absolute Gasteiger partial charge is 0.329 e. The maximum atomic E-state index is 12.9. The van der Waals surface area contributed by atoms with Crippen molar-refractivity contribution >= 4 is 22.7 Å². The lowest BCUT2D eigenvalue weighted by atomic mass is 9.98. The van der Waals surface area contributed by atoms with Gasteiger partial charge in [0, 0.05) is 31.1 Å². The van der Waals surface area contributed by atoms with Crippen LogP contribution in [0.1, 0.15) is 27.4 Å². The average Bonchev–Trinajstić information content (AvgIpc) is 3.20. The Morgan fingerprint density at radius 2 is 1.63 bits per heavy atom. The molecule has 4 aromatic rings. The van der Waals surface area contributed by atoms with Crippen molar-refractivity contribution in [2.24, 2.45) is 0 Å². The van der Waals surface area contributed by atoms with E-state index in [2.05, 4.69) is 10.3 Å². The zero-order valence-electron chi connectivity index (χ0n) is 18.9. The Labute approximate surface area is 200 Å². The van der Waals surface area contributed by atoms with Crippen LogP contribution in [-0.2, 0) is 17.9 Å². The van der Waals surface area contributed by atoms with Gasteiger partial charge in [0.25, 0.3) is 11.5 Å². The molecule has 0 radical (unpaired) electrons. The third kappa shape index (κ3) is 4.50. The predicted octanol–water partition coefficient (Wildman–Crippen LogP) is 2.25. The van der Waals surface area contributed by atoms with Crippen molar-refractivity contribution in [2.45, 2.75) is 19.0 Å². The lowest BCUT2D eigenvalue weighted by molar-refractivity contribution is -0.121. The fourth-order valence-electron chi connectivity index (χ4n) is 4.52. The maximum absolute atomic E-state index is 12.9. The highest BCUT2D eigenvalue weighted by Gasteiger charge is 2.29. The third-order valence-corrected chi connectivity index (χ3v) is 6.34. The summed E-state index contributed by atoms with van der Waals surface area (Å²) in [6, 6.07) is 23.9. The van der Waals surface area contributed by atoms with Gasteiger partial charge in [0.1, 0.15) is 6.54 Å². The molecule has 0 fully saturated rings. The van der Waals surface area contributed by atoms with Crippen molar-refractivity contribution < 1.29 is 9.59 Å². The molecule has 1 aliphatic heterocycles. The van der Waals surface area contributed by atoms with Gasteiger partial charge < -0.3 is 15.2 Å². The molecule has 8 nitrogen and oxygen atoms in total. The number of hydrogen-bond donors (Lipinski definition) is 2. The van der Waals surface area contributed by atoms with Crippen LogP contribution in [0.25, 0.3) is 10.9 Å². The zero-order valence-corrected chi connectivity index (χ0v) is 18.9. The number of H-pyrrole nitrogens is 1. The molecule has 176 valence electrons. The van der Waals surface area contributed by atoms with Crippen LogP contribution < -0.4 is 16.6 Å². The topological polar surface area (TPSA) is 104 Å². The largest absolute Gasteiger partial charge is 0.354 e. The van der Waals surface area contributed by atoms with Gasteiger partial charge in [-0.05, 0) is 29.3 Å². The minimum Gasteiger partial charge on any atom is -0.354 e. The van der Waals surface area contributed by atoms with Crippen molar-refractivity contribution in [2.75, 3.05) is 13.1 Å². The van der Waals surface area contributed by atoms with Crippen molar-refractivity contribution in [3.8, 4) is 0 Å². The Hall–Kier alpha value is -4.46. The molecule has 8 heteroatoms. The van der Waals surface area contributed by atoms with Crippen molar-refractivity contribution in [1.82, 2.24) is 19.8 Å². The van der Waals surface area contributed by atoms with Gasteiger partial charge in [-0.25, -0.2) is 4.79 Å². The molecule has 0 spiro atoms. The minimum atomic E-state index is -0.635. The summed E-state index contributed by atoms with van der Waals surface area (Å²) in [6.07, 6.45) is 0. The first-order valence-electron chi connectivity index (χ1n) is 11.4. The van der Waals surface area contributed by atoms with Crippen molar-refractivity contribution in [3.63, 3.8) is 0 Å². The monoisotopic (exact) mass is 468 g/mol. The van der Waals surface area contributed by atoms with Crippen LogP contribution in [0.3, 0.4) is 0 Å². The highest BCUT2D eigenvalue weighted by molar-refractivity contribution is 5.98. The van der Waals surface area contributed by atoms with Crippen LogP contribution in [0.5, 0.6) is 0 Å². The molecular formula is C27H24N4O4. The number of aromatic nitrogens is 2. The van der Waals surface area contributed by atoms with Crippen molar-refractivity contribution in [1.29, 1.82) is 0 Å². The van der Waals surface area contributed by atoms with E-state index in [0.717, 1.165) is 15.7 Å². The first-order chi connectivity index (χ1) is 17.0. The standard InChI is InChI=1S/C27H24N4O4/c32-24(17-31-26(34)22-12-6-7-13-23(22)29-27(31)35)28-14-20(18-8-2-1-3-9-18)16-30-15-19-10-4-5-11-21(19)25(30)33/h1-13,20H,14-17H2,(H,28,32)(H,29,35)/t20-/m0/s1. The molecule has 1 aromatic heterocycles. The van der Waals surface area contributed by atoms with E-state index in [1.54, 1.807) is 29.2 Å².